The van der Waals surface area contributed by atoms with Crippen molar-refractivity contribution in [3.05, 3.63) is 60.2 Å². The highest BCUT2D eigenvalue weighted by Crippen LogP contribution is 2.09. The van der Waals surface area contributed by atoms with Crippen molar-refractivity contribution in [2.24, 2.45) is 5.16 Å². The summed E-state index contributed by atoms with van der Waals surface area (Å²) in [6.45, 7) is 2.73. The molecule has 0 unspecified atom stereocenters. The SMILES string of the molecule is CCOC(=O)CCCCCO/N=C(/c1ccccc1)c1ccncn1. The number of carbonyl (C=O) groups excluding carboxylic acids is 1. The van der Waals surface area contributed by atoms with Gasteiger partial charge < -0.3 is 9.57 Å². The van der Waals surface area contributed by atoms with E-state index in [4.69, 9.17) is 9.57 Å². The van der Waals surface area contributed by atoms with Gasteiger partial charge in [0.05, 0.1) is 12.3 Å². The van der Waals surface area contributed by atoms with Crippen molar-refractivity contribution in [1.82, 2.24) is 9.97 Å². The highest BCUT2D eigenvalue weighted by atomic mass is 16.6. The Morgan fingerprint density at radius 1 is 1.12 bits per heavy atom. The van der Waals surface area contributed by atoms with E-state index in [2.05, 4.69) is 15.1 Å². The summed E-state index contributed by atoms with van der Waals surface area (Å²) in [4.78, 5) is 24.9. The maximum atomic E-state index is 11.2. The van der Waals surface area contributed by atoms with E-state index >= 15 is 0 Å². The highest BCUT2D eigenvalue weighted by Gasteiger charge is 2.09. The molecule has 0 atom stereocenters. The van der Waals surface area contributed by atoms with Gasteiger partial charge in [-0.3, -0.25) is 4.79 Å². The van der Waals surface area contributed by atoms with Crippen LogP contribution in [0.1, 0.15) is 43.9 Å². The summed E-state index contributed by atoms with van der Waals surface area (Å²) in [5.41, 5.74) is 2.32. The van der Waals surface area contributed by atoms with Gasteiger partial charge in [0, 0.05) is 18.2 Å². The van der Waals surface area contributed by atoms with E-state index in [1.807, 2.05) is 37.3 Å². The van der Waals surface area contributed by atoms with Gasteiger partial charge >= 0.3 is 5.97 Å². The van der Waals surface area contributed by atoms with E-state index in [0.717, 1.165) is 24.8 Å². The lowest BCUT2D eigenvalue weighted by Crippen LogP contribution is -2.07. The van der Waals surface area contributed by atoms with Gasteiger partial charge in [0.2, 0.25) is 0 Å². The van der Waals surface area contributed by atoms with Crippen LogP contribution in [0.3, 0.4) is 0 Å². The second-order valence-electron chi connectivity index (χ2n) is 5.35. The van der Waals surface area contributed by atoms with Crippen LogP contribution in [-0.2, 0) is 14.4 Å². The van der Waals surface area contributed by atoms with Gasteiger partial charge in [0.15, 0.2) is 0 Å². The molecule has 6 nitrogen and oxygen atoms in total. The van der Waals surface area contributed by atoms with Crippen LogP contribution in [0.2, 0.25) is 0 Å². The minimum Gasteiger partial charge on any atom is -0.466 e. The number of hydrogen-bond donors (Lipinski definition) is 0. The molecule has 2 aromatic rings. The Kier molecular flexibility index (Phi) is 8.11. The van der Waals surface area contributed by atoms with Crippen LogP contribution < -0.4 is 0 Å². The number of rotatable bonds is 10. The summed E-state index contributed by atoms with van der Waals surface area (Å²) in [7, 11) is 0. The molecule has 2 rings (SSSR count). The van der Waals surface area contributed by atoms with Gasteiger partial charge in [0.1, 0.15) is 18.6 Å². The van der Waals surface area contributed by atoms with Gasteiger partial charge in [-0.05, 0) is 32.3 Å². The average molecular weight is 341 g/mol. The molecule has 0 saturated carbocycles. The fourth-order valence-electron chi connectivity index (χ4n) is 2.23. The molecule has 0 saturated heterocycles. The zero-order chi connectivity index (χ0) is 17.7. The first kappa shape index (κ1) is 18.6. The van der Waals surface area contributed by atoms with Crippen molar-refractivity contribution in [2.75, 3.05) is 13.2 Å². The number of unbranched alkanes of at least 4 members (excludes halogenated alkanes) is 2. The molecule has 0 radical (unpaired) electrons. The van der Waals surface area contributed by atoms with Crippen molar-refractivity contribution < 1.29 is 14.4 Å². The molecular weight excluding hydrogens is 318 g/mol. The summed E-state index contributed by atoms with van der Waals surface area (Å²) < 4.78 is 4.89. The average Bonchev–Trinajstić information content (AvgIpc) is 2.65. The van der Waals surface area contributed by atoms with E-state index in [0.29, 0.717) is 31.0 Å². The van der Waals surface area contributed by atoms with Crippen LogP contribution in [0.15, 0.2) is 54.1 Å². The van der Waals surface area contributed by atoms with Crippen LogP contribution in [-0.4, -0.2) is 34.9 Å². The Morgan fingerprint density at radius 3 is 2.68 bits per heavy atom. The van der Waals surface area contributed by atoms with E-state index in [1.54, 1.807) is 12.3 Å². The molecule has 0 spiro atoms. The van der Waals surface area contributed by atoms with E-state index in [1.165, 1.54) is 6.33 Å². The third-order valence-electron chi connectivity index (χ3n) is 3.45. The summed E-state index contributed by atoms with van der Waals surface area (Å²) in [5.74, 6) is -0.142. The standard InChI is InChI=1S/C19H23N3O3/c1-2-24-18(23)11-7-4-8-14-25-22-19(16-9-5-3-6-10-16)17-12-13-20-15-21-17/h3,5-6,9-10,12-13,15H,2,4,7-8,11,14H2,1H3/b22-19-. The van der Waals surface area contributed by atoms with Gasteiger partial charge in [-0.15, -0.1) is 0 Å². The molecule has 1 aromatic heterocycles. The van der Waals surface area contributed by atoms with E-state index < -0.39 is 0 Å². The molecule has 0 fully saturated rings. The van der Waals surface area contributed by atoms with Gasteiger partial charge in [-0.25, -0.2) is 9.97 Å². The first-order valence-corrected chi connectivity index (χ1v) is 8.48. The van der Waals surface area contributed by atoms with Crippen molar-refractivity contribution in [1.29, 1.82) is 0 Å². The molecule has 0 N–H and O–H groups in total. The van der Waals surface area contributed by atoms with Gasteiger partial charge in [-0.2, -0.15) is 0 Å². The number of nitrogens with zero attached hydrogens (tertiary/aromatic N) is 3. The normalized spacial score (nSPS) is 11.2. The number of ether oxygens (including phenoxy) is 1. The quantitative estimate of drug-likeness (QED) is 0.287. The van der Waals surface area contributed by atoms with Crippen LogP contribution in [0.5, 0.6) is 0 Å². The Hall–Kier alpha value is -2.76. The molecule has 0 aliphatic heterocycles. The Labute approximate surface area is 147 Å². The van der Waals surface area contributed by atoms with Crippen LogP contribution in [0.4, 0.5) is 0 Å². The predicted octanol–water partition coefficient (Wildman–Crippen LogP) is 3.37. The molecule has 25 heavy (non-hydrogen) atoms. The van der Waals surface area contributed by atoms with Gasteiger partial charge in [0.25, 0.3) is 0 Å². The summed E-state index contributed by atoms with van der Waals surface area (Å²) in [5, 5.41) is 4.26. The predicted molar refractivity (Wildman–Crippen MR) is 95.2 cm³/mol. The number of carbonyl (C=O) groups is 1. The fraction of sp³-hybridized carbons (Fsp3) is 0.368. The lowest BCUT2D eigenvalue weighted by molar-refractivity contribution is -0.143. The molecule has 132 valence electrons. The third kappa shape index (κ3) is 6.71. The smallest absolute Gasteiger partial charge is 0.305 e. The Balaban J connectivity index is 1.84. The summed E-state index contributed by atoms with van der Waals surface area (Å²) >= 11 is 0. The molecular formula is C19H23N3O3. The summed E-state index contributed by atoms with van der Waals surface area (Å²) in [6.07, 6.45) is 6.13. The number of aromatic nitrogens is 2. The van der Waals surface area contributed by atoms with Crippen LogP contribution in [0.25, 0.3) is 0 Å². The number of hydrogen-bond acceptors (Lipinski definition) is 6. The minimum absolute atomic E-state index is 0.142. The first-order chi connectivity index (χ1) is 12.3. The maximum absolute atomic E-state index is 11.2. The van der Waals surface area contributed by atoms with Crippen LogP contribution in [0, 0.1) is 0 Å². The Bertz CT molecular complexity index is 619. The zero-order valence-electron chi connectivity index (χ0n) is 14.4. The number of benzene rings is 1. The monoisotopic (exact) mass is 341 g/mol. The van der Waals surface area contributed by atoms with Crippen molar-refractivity contribution in [3.8, 4) is 0 Å². The lowest BCUT2D eigenvalue weighted by Gasteiger charge is -2.06. The highest BCUT2D eigenvalue weighted by molar-refractivity contribution is 6.11. The summed E-state index contributed by atoms with van der Waals surface area (Å²) in [6, 6.07) is 11.6. The number of esters is 1. The second kappa shape index (κ2) is 10.9. The molecule has 1 aromatic carbocycles. The van der Waals surface area contributed by atoms with Crippen molar-refractivity contribution >= 4 is 11.7 Å². The molecule has 1 heterocycles. The fourth-order valence-corrected chi connectivity index (χ4v) is 2.23. The van der Waals surface area contributed by atoms with E-state index in [-0.39, 0.29) is 5.97 Å². The first-order valence-electron chi connectivity index (χ1n) is 8.48. The second-order valence-corrected chi connectivity index (χ2v) is 5.35. The maximum Gasteiger partial charge on any atom is 0.305 e. The van der Waals surface area contributed by atoms with Crippen molar-refractivity contribution in [2.45, 2.75) is 32.6 Å². The Morgan fingerprint density at radius 2 is 1.96 bits per heavy atom. The molecule has 0 aliphatic carbocycles. The van der Waals surface area contributed by atoms with Crippen LogP contribution >= 0.6 is 0 Å². The molecule has 0 bridgehead atoms. The van der Waals surface area contributed by atoms with Crippen molar-refractivity contribution in [3.63, 3.8) is 0 Å². The molecule has 0 aliphatic rings. The van der Waals surface area contributed by atoms with E-state index in [9.17, 15) is 4.79 Å². The molecule has 6 heteroatoms. The van der Waals surface area contributed by atoms with Gasteiger partial charge in [-0.1, -0.05) is 35.5 Å². The third-order valence-corrected chi connectivity index (χ3v) is 3.45. The number of oxime groups is 1. The lowest BCUT2D eigenvalue weighted by atomic mass is 10.1. The topological polar surface area (TPSA) is 73.7 Å². The molecule has 0 amide bonds. The zero-order valence-corrected chi connectivity index (χ0v) is 14.4. The minimum atomic E-state index is -0.142. The largest absolute Gasteiger partial charge is 0.466 e.